The normalized spacial score (nSPS) is 12.1. The Labute approximate surface area is 204 Å². The zero-order valence-electron chi connectivity index (χ0n) is 17.6. The van der Waals surface area contributed by atoms with Crippen LogP contribution in [-0.2, 0) is 26.1 Å². The van der Waals surface area contributed by atoms with E-state index in [0.29, 0.717) is 17.2 Å². The van der Waals surface area contributed by atoms with Gasteiger partial charge in [0.15, 0.2) is 18.1 Å². The molecule has 4 rings (SSSR count). The molecule has 2 N–H and O–H groups in total. The average Bonchev–Trinajstić information content (AvgIpc) is 3.30. The monoisotopic (exact) mass is 546 g/mol. The van der Waals surface area contributed by atoms with Crippen LogP contribution in [0.2, 0.25) is 0 Å². The summed E-state index contributed by atoms with van der Waals surface area (Å²) in [5.74, 6) is -0.0893. The summed E-state index contributed by atoms with van der Waals surface area (Å²) in [6.45, 7) is -0.149. The van der Waals surface area contributed by atoms with E-state index in [1.165, 1.54) is 24.3 Å². The number of anilines is 1. The molecule has 9 nitrogen and oxygen atoms in total. The summed E-state index contributed by atoms with van der Waals surface area (Å²) in [4.78, 5) is 24.3. The van der Waals surface area contributed by atoms with Gasteiger partial charge in [0.2, 0.25) is 6.79 Å². The predicted octanol–water partition coefficient (Wildman–Crippen LogP) is 3.45. The van der Waals surface area contributed by atoms with Crippen LogP contribution in [0.1, 0.15) is 15.9 Å². The van der Waals surface area contributed by atoms with Gasteiger partial charge in [0.05, 0.1) is 10.5 Å². The van der Waals surface area contributed by atoms with Gasteiger partial charge in [-0.3, -0.25) is 9.52 Å². The molecule has 0 bridgehead atoms. The molecule has 3 aromatic carbocycles. The van der Waals surface area contributed by atoms with Crippen LogP contribution in [0.15, 0.2) is 76.1 Å². The lowest BCUT2D eigenvalue weighted by atomic mass is 10.2. The molecule has 0 atom stereocenters. The number of fused-ring (bicyclic) bond motifs is 1. The largest absolute Gasteiger partial charge is 0.454 e. The van der Waals surface area contributed by atoms with Gasteiger partial charge in [-0.2, -0.15) is 0 Å². The lowest BCUT2D eigenvalue weighted by Crippen LogP contribution is -2.28. The van der Waals surface area contributed by atoms with Crippen LogP contribution in [0.4, 0.5) is 5.69 Å². The molecule has 0 spiro atoms. The Morgan fingerprint density at radius 3 is 2.53 bits per heavy atom. The number of nitrogens with one attached hydrogen (secondary N) is 2. The van der Waals surface area contributed by atoms with Gasteiger partial charge in [-0.25, -0.2) is 13.2 Å². The minimum absolute atomic E-state index is 0.00209. The Morgan fingerprint density at radius 1 is 0.971 bits per heavy atom. The highest BCUT2D eigenvalue weighted by Crippen LogP contribution is 2.32. The summed E-state index contributed by atoms with van der Waals surface area (Å²) in [6, 6.07) is 17.3. The molecule has 1 aliphatic rings. The average molecular weight is 547 g/mol. The van der Waals surface area contributed by atoms with Crippen LogP contribution in [0.5, 0.6) is 11.5 Å². The van der Waals surface area contributed by atoms with Crippen molar-refractivity contribution in [2.45, 2.75) is 11.4 Å². The van der Waals surface area contributed by atoms with Crippen LogP contribution in [0.25, 0.3) is 0 Å². The summed E-state index contributed by atoms with van der Waals surface area (Å²) >= 11 is 3.29. The number of benzene rings is 3. The first-order valence-corrected chi connectivity index (χ1v) is 12.3. The molecule has 3 aromatic rings. The second-order valence-corrected chi connectivity index (χ2v) is 9.78. The number of amides is 1. The van der Waals surface area contributed by atoms with E-state index in [9.17, 15) is 18.0 Å². The number of rotatable bonds is 8. The maximum absolute atomic E-state index is 12.7. The Morgan fingerprint density at radius 2 is 1.74 bits per heavy atom. The summed E-state index contributed by atoms with van der Waals surface area (Å²) in [5.41, 5.74) is 1.16. The third kappa shape index (κ3) is 5.86. The number of sulfonamides is 1. The van der Waals surface area contributed by atoms with E-state index in [2.05, 4.69) is 26.0 Å². The SMILES string of the molecule is O=C(COC(=O)c1cccc(S(=O)(=O)Nc2ccc(Br)cc2)c1)NCc1ccc2c(c1)OCO2. The Hall–Kier alpha value is -3.57. The zero-order valence-corrected chi connectivity index (χ0v) is 20.0. The second-order valence-electron chi connectivity index (χ2n) is 7.18. The fourth-order valence-electron chi connectivity index (χ4n) is 3.04. The van der Waals surface area contributed by atoms with E-state index in [1.54, 1.807) is 42.5 Å². The first-order chi connectivity index (χ1) is 16.3. The molecular formula is C23H19BrN2O7S. The van der Waals surface area contributed by atoms with Crippen LogP contribution < -0.4 is 19.5 Å². The Kier molecular flexibility index (Phi) is 7.03. The number of hydrogen-bond acceptors (Lipinski definition) is 7. The van der Waals surface area contributed by atoms with Crippen molar-refractivity contribution >= 4 is 43.5 Å². The molecular weight excluding hydrogens is 528 g/mol. The molecule has 0 saturated heterocycles. The molecule has 0 aliphatic carbocycles. The zero-order chi connectivity index (χ0) is 24.1. The number of esters is 1. The van der Waals surface area contributed by atoms with E-state index >= 15 is 0 Å². The van der Waals surface area contributed by atoms with Crippen molar-refractivity contribution in [3.05, 3.63) is 82.3 Å². The number of carbonyl (C=O) groups is 2. The van der Waals surface area contributed by atoms with Crippen LogP contribution in [0, 0.1) is 0 Å². The van der Waals surface area contributed by atoms with Gasteiger partial charge in [0.25, 0.3) is 15.9 Å². The number of carbonyl (C=O) groups excluding carboxylic acids is 2. The maximum Gasteiger partial charge on any atom is 0.338 e. The van der Waals surface area contributed by atoms with Crippen molar-refractivity contribution in [1.29, 1.82) is 0 Å². The Balaban J connectivity index is 1.32. The second kappa shape index (κ2) is 10.1. The van der Waals surface area contributed by atoms with E-state index in [0.717, 1.165) is 10.0 Å². The minimum Gasteiger partial charge on any atom is -0.454 e. The third-order valence-corrected chi connectivity index (χ3v) is 6.65. The fourth-order valence-corrected chi connectivity index (χ4v) is 4.41. The first-order valence-electron chi connectivity index (χ1n) is 10.0. The number of hydrogen-bond donors (Lipinski definition) is 2. The fraction of sp³-hybridized carbons (Fsp3) is 0.130. The van der Waals surface area contributed by atoms with Gasteiger partial charge in [-0.15, -0.1) is 0 Å². The Bertz CT molecular complexity index is 1330. The molecule has 34 heavy (non-hydrogen) atoms. The molecule has 0 unspecified atom stereocenters. The highest BCUT2D eigenvalue weighted by molar-refractivity contribution is 9.10. The van der Waals surface area contributed by atoms with Crippen molar-refractivity contribution in [3.8, 4) is 11.5 Å². The molecule has 0 aromatic heterocycles. The van der Waals surface area contributed by atoms with Gasteiger partial charge < -0.3 is 19.5 Å². The van der Waals surface area contributed by atoms with Gasteiger partial charge in [0, 0.05) is 16.7 Å². The number of ether oxygens (including phenoxy) is 3. The van der Waals surface area contributed by atoms with Crippen molar-refractivity contribution in [2.24, 2.45) is 0 Å². The van der Waals surface area contributed by atoms with E-state index < -0.39 is 28.5 Å². The van der Waals surface area contributed by atoms with Crippen molar-refractivity contribution in [1.82, 2.24) is 5.32 Å². The summed E-state index contributed by atoms with van der Waals surface area (Å²) in [6.07, 6.45) is 0. The van der Waals surface area contributed by atoms with Crippen molar-refractivity contribution in [3.63, 3.8) is 0 Å². The van der Waals surface area contributed by atoms with E-state index in [1.807, 2.05) is 0 Å². The van der Waals surface area contributed by atoms with Crippen LogP contribution in [0.3, 0.4) is 0 Å². The van der Waals surface area contributed by atoms with Gasteiger partial charge >= 0.3 is 5.97 Å². The smallest absolute Gasteiger partial charge is 0.338 e. The predicted molar refractivity (Wildman–Crippen MR) is 126 cm³/mol. The van der Waals surface area contributed by atoms with Crippen molar-refractivity contribution in [2.75, 3.05) is 18.1 Å². The first kappa shape index (κ1) is 23.6. The summed E-state index contributed by atoms with van der Waals surface area (Å²) in [5, 5.41) is 2.64. The highest BCUT2D eigenvalue weighted by atomic mass is 79.9. The number of halogens is 1. The van der Waals surface area contributed by atoms with Crippen LogP contribution >= 0.6 is 15.9 Å². The highest BCUT2D eigenvalue weighted by Gasteiger charge is 2.18. The topological polar surface area (TPSA) is 120 Å². The molecule has 1 aliphatic heterocycles. The van der Waals surface area contributed by atoms with Gasteiger partial charge in [0.1, 0.15) is 0 Å². The third-order valence-electron chi connectivity index (χ3n) is 4.74. The quantitative estimate of drug-likeness (QED) is 0.415. The maximum atomic E-state index is 12.7. The molecule has 0 saturated carbocycles. The van der Waals surface area contributed by atoms with E-state index in [-0.39, 0.29) is 23.8 Å². The lowest BCUT2D eigenvalue weighted by Gasteiger charge is -2.10. The molecule has 0 fully saturated rings. The summed E-state index contributed by atoms with van der Waals surface area (Å²) in [7, 11) is -3.93. The minimum atomic E-state index is -3.93. The molecule has 1 heterocycles. The lowest BCUT2D eigenvalue weighted by molar-refractivity contribution is -0.124. The summed E-state index contributed by atoms with van der Waals surface area (Å²) < 4.78 is 44.1. The molecule has 176 valence electrons. The van der Waals surface area contributed by atoms with E-state index in [4.69, 9.17) is 14.2 Å². The van der Waals surface area contributed by atoms with Crippen molar-refractivity contribution < 1.29 is 32.2 Å². The molecule has 0 radical (unpaired) electrons. The van der Waals surface area contributed by atoms with Gasteiger partial charge in [-0.05, 0) is 60.2 Å². The standard InChI is InChI=1S/C23H19BrN2O7S/c24-17-5-7-18(8-6-17)26-34(29,30)19-3-1-2-16(11-19)23(28)31-13-22(27)25-12-15-4-9-20-21(10-15)33-14-32-20/h1-11,26H,12-14H2,(H,25,27). The molecule has 11 heteroatoms. The van der Waals surface area contributed by atoms with Crippen LogP contribution in [-0.4, -0.2) is 33.7 Å². The molecule has 1 amide bonds. The van der Waals surface area contributed by atoms with Gasteiger partial charge in [-0.1, -0.05) is 28.1 Å².